The van der Waals surface area contributed by atoms with Gasteiger partial charge in [-0.05, 0) is 27.0 Å². The van der Waals surface area contributed by atoms with Crippen molar-refractivity contribution in [1.29, 1.82) is 0 Å². The maximum Gasteiger partial charge on any atom is 0.191 e. The second-order valence-corrected chi connectivity index (χ2v) is 4.98. The van der Waals surface area contributed by atoms with Crippen LogP contribution in [0.4, 0.5) is 11.6 Å². The molecule has 0 unspecified atom stereocenters. The number of nitrogens with one attached hydrogen (secondary N) is 1. The molecule has 0 atom stereocenters. The first-order valence-corrected chi connectivity index (χ1v) is 6.75. The summed E-state index contributed by atoms with van der Waals surface area (Å²) in [5.74, 6) is 1.20. The van der Waals surface area contributed by atoms with Gasteiger partial charge < -0.3 is 15.8 Å². The first-order chi connectivity index (χ1) is 7.96. The van der Waals surface area contributed by atoms with Crippen LogP contribution in [0.25, 0.3) is 0 Å². The second-order valence-electron chi connectivity index (χ2n) is 4.21. The molecule has 0 radical (unpaired) electrons. The van der Waals surface area contributed by atoms with Gasteiger partial charge >= 0.3 is 0 Å². The Labute approximate surface area is 107 Å². The monoisotopic (exact) mass is 256 g/mol. The predicted molar refractivity (Wildman–Crippen MR) is 72.4 cm³/mol. The normalized spacial score (nSPS) is 11.5. The van der Waals surface area contributed by atoms with E-state index >= 15 is 0 Å². The summed E-state index contributed by atoms with van der Waals surface area (Å²) in [6, 6.07) is 1.72. The van der Waals surface area contributed by atoms with Gasteiger partial charge in [0.2, 0.25) is 0 Å². The quantitative estimate of drug-likeness (QED) is 0.599. The van der Waals surface area contributed by atoms with Crippen LogP contribution >= 0.6 is 11.8 Å². The van der Waals surface area contributed by atoms with Crippen LogP contribution < -0.4 is 11.1 Å². The van der Waals surface area contributed by atoms with Crippen molar-refractivity contribution in [3.8, 4) is 0 Å². The zero-order chi connectivity index (χ0) is 12.9. The van der Waals surface area contributed by atoms with Crippen molar-refractivity contribution >= 4 is 23.4 Å². The number of ether oxygens (including phenoxy) is 1. The molecule has 5 nitrogen and oxygen atoms in total. The smallest absolute Gasteiger partial charge is 0.191 e. The van der Waals surface area contributed by atoms with Crippen LogP contribution in [0.5, 0.6) is 0 Å². The summed E-state index contributed by atoms with van der Waals surface area (Å²) in [6.07, 6.45) is 1.92. The van der Waals surface area contributed by atoms with E-state index in [2.05, 4.69) is 15.3 Å². The van der Waals surface area contributed by atoms with E-state index in [1.165, 1.54) is 11.8 Å². The van der Waals surface area contributed by atoms with E-state index < -0.39 is 0 Å². The molecule has 0 bridgehead atoms. The zero-order valence-corrected chi connectivity index (χ0v) is 11.6. The van der Waals surface area contributed by atoms with Gasteiger partial charge in [-0.3, -0.25) is 0 Å². The van der Waals surface area contributed by atoms with E-state index in [4.69, 9.17) is 10.5 Å². The van der Waals surface area contributed by atoms with E-state index in [0.717, 1.165) is 5.82 Å². The summed E-state index contributed by atoms with van der Waals surface area (Å²) >= 11 is 1.47. The lowest BCUT2D eigenvalue weighted by atomic mass is 10.1. The summed E-state index contributed by atoms with van der Waals surface area (Å²) < 4.78 is 5.60. The van der Waals surface area contributed by atoms with Crippen LogP contribution in [0.3, 0.4) is 0 Å². The van der Waals surface area contributed by atoms with Crippen molar-refractivity contribution in [2.45, 2.75) is 31.5 Å². The van der Waals surface area contributed by atoms with Crippen LogP contribution in [-0.4, -0.2) is 35.0 Å². The summed E-state index contributed by atoms with van der Waals surface area (Å²) in [7, 11) is 0. The Morgan fingerprint density at radius 3 is 2.76 bits per heavy atom. The Morgan fingerprint density at radius 2 is 2.18 bits per heavy atom. The molecule has 1 aromatic rings. The highest BCUT2D eigenvalue weighted by molar-refractivity contribution is 7.98. The third-order valence-electron chi connectivity index (χ3n) is 2.14. The Bertz CT molecular complexity index is 370. The highest BCUT2D eigenvalue weighted by atomic mass is 32.2. The number of anilines is 2. The lowest BCUT2D eigenvalue weighted by molar-refractivity contribution is 0.000634. The highest BCUT2D eigenvalue weighted by Gasteiger charge is 2.17. The second kappa shape index (κ2) is 6.07. The van der Waals surface area contributed by atoms with Crippen molar-refractivity contribution in [2.24, 2.45) is 0 Å². The Kier molecular flexibility index (Phi) is 5.02. The van der Waals surface area contributed by atoms with Gasteiger partial charge in [-0.15, -0.1) is 0 Å². The Hall–Kier alpha value is -1.01. The molecule has 17 heavy (non-hydrogen) atoms. The van der Waals surface area contributed by atoms with E-state index in [9.17, 15) is 0 Å². The molecule has 3 N–H and O–H groups in total. The van der Waals surface area contributed by atoms with E-state index in [0.29, 0.717) is 24.1 Å². The summed E-state index contributed by atoms with van der Waals surface area (Å²) in [4.78, 5) is 8.41. The maximum absolute atomic E-state index is 5.70. The molecule has 1 aromatic heterocycles. The predicted octanol–water partition coefficient (Wildman–Crippen LogP) is 2.01. The molecule has 0 fully saturated rings. The lowest BCUT2D eigenvalue weighted by Gasteiger charge is -2.25. The third-order valence-corrected chi connectivity index (χ3v) is 2.69. The molecule has 0 amide bonds. The van der Waals surface area contributed by atoms with E-state index in [1.54, 1.807) is 6.07 Å². The fraction of sp³-hybridized carbons (Fsp3) is 0.636. The molecule has 1 heterocycles. The van der Waals surface area contributed by atoms with Crippen molar-refractivity contribution in [1.82, 2.24) is 9.97 Å². The average Bonchev–Trinajstić information content (AvgIpc) is 2.26. The van der Waals surface area contributed by atoms with Gasteiger partial charge in [0.15, 0.2) is 5.16 Å². The van der Waals surface area contributed by atoms with Crippen LogP contribution in [0, 0.1) is 0 Å². The van der Waals surface area contributed by atoms with Crippen molar-refractivity contribution in [3.63, 3.8) is 0 Å². The first-order valence-electron chi connectivity index (χ1n) is 5.53. The van der Waals surface area contributed by atoms with Gasteiger partial charge in [0, 0.05) is 19.2 Å². The van der Waals surface area contributed by atoms with Crippen molar-refractivity contribution < 1.29 is 4.74 Å². The minimum atomic E-state index is -0.228. The van der Waals surface area contributed by atoms with Crippen molar-refractivity contribution in [2.75, 3.05) is 30.5 Å². The largest absolute Gasteiger partial charge is 0.383 e. The van der Waals surface area contributed by atoms with Gasteiger partial charge in [0.1, 0.15) is 11.6 Å². The van der Waals surface area contributed by atoms with Gasteiger partial charge in [0.25, 0.3) is 0 Å². The molecule has 0 aliphatic rings. The molecular formula is C11H20N4OS. The van der Waals surface area contributed by atoms with Gasteiger partial charge in [0.05, 0.1) is 5.60 Å². The average molecular weight is 256 g/mol. The summed E-state index contributed by atoms with van der Waals surface area (Å²) in [5.41, 5.74) is 5.47. The maximum atomic E-state index is 5.70. The van der Waals surface area contributed by atoms with Gasteiger partial charge in [-0.25, -0.2) is 9.97 Å². The number of hydrogen-bond acceptors (Lipinski definition) is 6. The third kappa shape index (κ3) is 4.79. The lowest BCUT2D eigenvalue weighted by Crippen LogP contribution is -2.33. The number of hydrogen-bond donors (Lipinski definition) is 2. The van der Waals surface area contributed by atoms with Crippen LogP contribution in [0.15, 0.2) is 11.2 Å². The number of rotatable bonds is 6. The zero-order valence-electron chi connectivity index (χ0n) is 10.8. The molecule has 0 spiro atoms. The number of thioether (sulfide) groups is 1. The molecule has 0 saturated carbocycles. The first kappa shape index (κ1) is 14.1. The molecule has 0 aliphatic carbocycles. The molecule has 6 heteroatoms. The molecule has 0 aromatic carbocycles. The Morgan fingerprint density at radius 1 is 1.47 bits per heavy atom. The van der Waals surface area contributed by atoms with Crippen molar-refractivity contribution in [3.05, 3.63) is 6.07 Å². The Balaban J connectivity index is 2.65. The number of aromatic nitrogens is 2. The van der Waals surface area contributed by atoms with E-state index in [1.807, 2.05) is 27.0 Å². The molecule has 0 aliphatic heterocycles. The highest BCUT2D eigenvalue weighted by Crippen LogP contribution is 2.16. The SMILES string of the molecule is CCOC(C)(C)CNc1cc(N)nc(SC)n1. The van der Waals surface area contributed by atoms with Gasteiger partial charge in [-0.2, -0.15) is 0 Å². The minimum Gasteiger partial charge on any atom is -0.383 e. The molecule has 0 saturated heterocycles. The van der Waals surface area contributed by atoms with Crippen LogP contribution in [0.1, 0.15) is 20.8 Å². The van der Waals surface area contributed by atoms with Crippen LogP contribution in [0.2, 0.25) is 0 Å². The standard InChI is InChI=1S/C11H20N4OS/c1-5-16-11(2,3)7-13-9-6-8(12)14-10(15-9)17-4/h6H,5,7H2,1-4H3,(H3,12,13,14,15). The molecule has 1 rings (SSSR count). The van der Waals surface area contributed by atoms with Gasteiger partial charge in [-0.1, -0.05) is 11.8 Å². The molecular weight excluding hydrogens is 236 g/mol. The molecule has 96 valence electrons. The fourth-order valence-corrected chi connectivity index (χ4v) is 1.76. The summed E-state index contributed by atoms with van der Waals surface area (Å²) in [6.45, 7) is 7.41. The number of nitrogen functional groups attached to an aromatic ring is 1. The van der Waals surface area contributed by atoms with E-state index in [-0.39, 0.29) is 5.60 Å². The fourth-order valence-electron chi connectivity index (χ4n) is 1.37. The number of nitrogens with zero attached hydrogens (tertiary/aromatic N) is 2. The summed E-state index contributed by atoms with van der Waals surface area (Å²) in [5, 5.41) is 3.88. The minimum absolute atomic E-state index is 0.228. The topological polar surface area (TPSA) is 73.1 Å². The van der Waals surface area contributed by atoms with Crippen LogP contribution in [-0.2, 0) is 4.74 Å². The number of nitrogens with two attached hydrogens (primary N) is 1.